The molecule has 5 nitrogen and oxygen atoms in total. The predicted octanol–water partition coefficient (Wildman–Crippen LogP) is 5.56. The molecule has 0 amide bonds. The fraction of sp³-hybridized carbons (Fsp3) is 0.346. The zero-order chi connectivity index (χ0) is 22.8. The highest BCUT2D eigenvalue weighted by molar-refractivity contribution is 7.11. The lowest BCUT2D eigenvalue weighted by Crippen LogP contribution is -2.22. The summed E-state index contributed by atoms with van der Waals surface area (Å²) in [5, 5.41) is 10.4. The molecule has 1 aromatic heterocycles. The number of thiazole rings is 1. The van der Waals surface area contributed by atoms with E-state index >= 15 is 0 Å². The van der Waals surface area contributed by atoms with E-state index in [1.54, 1.807) is 0 Å². The molecule has 0 spiro atoms. The topological polar surface area (TPSA) is 76.5 Å². The molecular formula is C26H27NO4S. The summed E-state index contributed by atoms with van der Waals surface area (Å²) in [5.41, 5.74) is 5.53. The van der Waals surface area contributed by atoms with Crippen LogP contribution >= 0.6 is 11.3 Å². The molecule has 0 saturated heterocycles. The van der Waals surface area contributed by atoms with Crippen molar-refractivity contribution in [3.05, 3.63) is 75.2 Å². The standard InChI is InChI=1S/C26H27NO4S/c1-15(2)25-16(3)27-23(32-25)12-17(26(29)30)13-24(28)31-14-22-20-10-6-4-8-18(20)19-9-5-7-11-21(19)22/h4-11,15,17,22H,12-14H2,1-3H3,(H,29,30)/t17-/m1/s1. The first kappa shape index (κ1) is 22.2. The summed E-state index contributed by atoms with van der Waals surface area (Å²) in [6, 6.07) is 16.3. The number of fused-ring (bicyclic) bond motifs is 3. The van der Waals surface area contributed by atoms with Crippen LogP contribution in [0.3, 0.4) is 0 Å². The molecule has 6 heteroatoms. The lowest BCUT2D eigenvalue weighted by molar-refractivity contribution is -0.151. The van der Waals surface area contributed by atoms with E-state index in [0.717, 1.165) is 37.8 Å². The summed E-state index contributed by atoms with van der Waals surface area (Å²) >= 11 is 1.53. The highest BCUT2D eigenvalue weighted by Gasteiger charge is 2.30. The highest BCUT2D eigenvalue weighted by atomic mass is 32.1. The van der Waals surface area contributed by atoms with Crippen LogP contribution in [0, 0.1) is 12.8 Å². The number of hydrogen-bond acceptors (Lipinski definition) is 5. The van der Waals surface area contributed by atoms with Gasteiger partial charge in [-0.2, -0.15) is 0 Å². The summed E-state index contributed by atoms with van der Waals surface area (Å²) in [6.07, 6.45) is 0.0682. The van der Waals surface area contributed by atoms with Gasteiger partial charge in [-0.05, 0) is 35.1 Å². The molecule has 2 aromatic carbocycles. The maximum absolute atomic E-state index is 12.6. The molecule has 32 heavy (non-hydrogen) atoms. The van der Waals surface area contributed by atoms with Crippen LogP contribution in [0.4, 0.5) is 0 Å². The van der Waals surface area contributed by atoms with Crippen molar-refractivity contribution in [2.45, 2.75) is 45.4 Å². The number of carboxylic acids is 1. The minimum absolute atomic E-state index is 0.0372. The van der Waals surface area contributed by atoms with E-state index in [9.17, 15) is 14.7 Å². The lowest BCUT2D eigenvalue weighted by Gasteiger charge is -2.15. The number of ether oxygens (including phenoxy) is 1. The van der Waals surface area contributed by atoms with Crippen molar-refractivity contribution in [2.24, 2.45) is 5.92 Å². The van der Waals surface area contributed by atoms with Gasteiger partial charge >= 0.3 is 11.9 Å². The van der Waals surface area contributed by atoms with Gasteiger partial charge < -0.3 is 9.84 Å². The molecule has 166 valence electrons. The lowest BCUT2D eigenvalue weighted by atomic mass is 9.98. The van der Waals surface area contributed by atoms with Crippen LogP contribution in [-0.2, 0) is 20.7 Å². The van der Waals surface area contributed by atoms with E-state index in [-0.39, 0.29) is 25.4 Å². The Morgan fingerprint density at radius 1 is 1.06 bits per heavy atom. The van der Waals surface area contributed by atoms with Crippen LogP contribution in [0.1, 0.15) is 58.8 Å². The Labute approximate surface area is 192 Å². The second-order valence-electron chi connectivity index (χ2n) is 8.57. The normalized spacial score (nSPS) is 13.6. The first-order valence-electron chi connectivity index (χ1n) is 10.9. The van der Waals surface area contributed by atoms with Crippen molar-refractivity contribution in [1.82, 2.24) is 4.98 Å². The summed E-state index contributed by atoms with van der Waals surface area (Å²) in [5.74, 6) is -2.04. The summed E-state index contributed by atoms with van der Waals surface area (Å²) in [4.78, 5) is 30.1. The quantitative estimate of drug-likeness (QED) is 0.455. The molecule has 1 atom stereocenters. The number of aliphatic carboxylic acids is 1. The Balaban J connectivity index is 1.43. The van der Waals surface area contributed by atoms with Gasteiger partial charge in [0.1, 0.15) is 6.61 Å². The summed E-state index contributed by atoms with van der Waals surface area (Å²) < 4.78 is 5.61. The minimum Gasteiger partial charge on any atom is -0.481 e. The van der Waals surface area contributed by atoms with Crippen molar-refractivity contribution < 1.29 is 19.4 Å². The number of benzene rings is 2. The molecule has 0 fully saturated rings. The number of nitrogens with zero attached hydrogens (tertiary/aromatic N) is 1. The van der Waals surface area contributed by atoms with Gasteiger partial charge in [0.05, 0.1) is 23.0 Å². The second kappa shape index (κ2) is 9.25. The van der Waals surface area contributed by atoms with E-state index in [0.29, 0.717) is 5.92 Å². The molecule has 1 aliphatic rings. The van der Waals surface area contributed by atoms with Crippen LogP contribution in [0.5, 0.6) is 0 Å². The number of carbonyl (C=O) groups excluding carboxylic acids is 1. The van der Waals surface area contributed by atoms with Gasteiger partial charge in [-0.1, -0.05) is 62.4 Å². The molecule has 0 bridgehead atoms. The Kier molecular flexibility index (Phi) is 6.42. The number of carbonyl (C=O) groups is 2. The third-order valence-corrected chi connectivity index (χ3v) is 7.44. The third-order valence-electron chi connectivity index (χ3n) is 5.96. The monoisotopic (exact) mass is 449 g/mol. The first-order chi connectivity index (χ1) is 15.3. The van der Waals surface area contributed by atoms with Crippen molar-refractivity contribution in [3.63, 3.8) is 0 Å². The van der Waals surface area contributed by atoms with E-state index < -0.39 is 17.9 Å². The van der Waals surface area contributed by atoms with Crippen molar-refractivity contribution >= 4 is 23.3 Å². The number of esters is 1. The Morgan fingerprint density at radius 2 is 1.66 bits per heavy atom. The van der Waals surface area contributed by atoms with Crippen LogP contribution < -0.4 is 0 Å². The van der Waals surface area contributed by atoms with E-state index in [2.05, 4.69) is 43.1 Å². The highest BCUT2D eigenvalue weighted by Crippen LogP contribution is 2.44. The molecule has 1 aliphatic carbocycles. The third kappa shape index (κ3) is 4.46. The van der Waals surface area contributed by atoms with Crippen LogP contribution in [0.15, 0.2) is 48.5 Å². The Morgan fingerprint density at radius 3 is 2.19 bits per heavy atom. The maximum atomic E-state index is 12.6. The smallest absolute Gasteiger partial charge is 0.307 e. The molecular weight excluding hydrogens is 422 g/mol. The van der Waals surface area contributed by atoms with E-state index in [1.807, 2.05) is 31.2 Å². The van der Waals surface area contributed by atoms with Crippen LogP contribution in [0.25, 0.3) is 11.1 Å². The molecule has 0 saturated carbocycles. The average Bonchev–Trinajstić information content (AvgIpc) is 3.29. The molecule has 4 rings (SSSR count). The van der Waals surface area contributed by atoms with Gasteiger partial charge in [0.2, 0.25) is 0 Å². The van der Waals surface area contributed by atoms with Crippen molar-refractivity contribution in [2.75, 3.05) is 6.61 Å². The SMILES string of the molecule is Cc1nc(C[C@H](CC(=O)OCC2c3ccccc3-c3ccccc32)C(=O)O)sc1C(C)C. The molecule has 3 aromatic rings. The molecule has 0 aliphatic heterocycles. The number of rotatable bonds is 8. The average molecular weight is 450 g/mol. The Bertz CT molecular complexity index is 1100. The minimum atomic E-state index is -1.00. The van der Waals surface area contributed by atoms with E-state index in [1.165, 1.54) is 11.3 Å². The summed E-state index contributed by atoms with van der Waals surface area (Å²) in [6.45, 7) is 6.33. The summed E-state index contributed by atoms with van der Waals surface area (Å²) in [7, 11) is 0. The molecule has 0 unspecified atom stereocenters. The fourth-order valence-corrected chi connectivity index (χ4v) is 5.57. The van der Waals surface area contributed by atoms with Crippen molar-refractivity contribution in [1.29, 1.82) is 0 Å². The van der Waals surface area contributed by atoms with E-state index in [4.69, 9.17) is 4.74 Å². The fourth-order valence-electron chi connectivity index (χ4n) is 4.42. The number of carboxylic acid groups (broad SMARTS) is 1. The Hall–Kier alpha value is -2.99. The van der Waals surface area contributed by atoms with Crippen molar-refractivity contribution in [3.8, 4) is 11.1 Å². The zero-order valence-corrected chi connectivity index (χ0v) is 19.3. The largest absolute Gasteiger partial charge is 0.481 e. The van der Waals surface area contributed by atoms with Crippen LogP contribution in [0.2, 0.25) is 0 Å². The van der Waals surface area contributed by atoms with Gasteiger partial charge in [-0.3, -0.25) is 9.59 Å². The van der Waals surface area contributed by atoms with Gasteiger partial charge in [0, 0.05) is 17.2 Å². The zero-order valence-electron chi connectivity index (χ0n) is 18.5. The van der Waals surface area contributed by atoms with Gasteiger partial charge in [0.25, 0.3) is 0 Å². The van der Waals surface area contributed by atoms with Crippen LogP contribution in [-0.4, -0.2) is 28.6 Å². The second-order valence-corrected chi connectivity index (χ2v) is 9.68. The maximum Gasteiger partial charge on any atom is 0.307 e. The number of aryl methyl sites for hydroxylation is 1. The predicted molar refractivity (Wildman–Crippen MR) is 125 cm³/mol. The van der Waals surface area contributed by atoms with Gasteiger partial charge in [-0.25, -0.2) is 4.98 Å². The molecule has 0 radical (unpaired) electrons. The first-order valence-corrected chi connectivity index (χ1v) is 11.7. The van der Waals surface area contributed by atoms with Gasteiger partial charge in [0.15, 0.2) is 0 Å². The van der Waals surface area contributed by atoms with Gasteiger partial charge in [-0.15, -0.1) is 11.3 Å². The molecule has 1 heterocycles. The number of aromatic nitrogens is 1. The number of hydrogen-bond donors (Lipinski definition) is 1. The molecule has 1 N–H and O–H groups in total.